The zero-order chi connectivity index (χ0) is 19.1. The van der Waals surface area contributed by atoms with Gasteiger partial charge in [-0.15, -0.1) is 0 Å². The van der Waals surface area contributed by atoms with E-state index in [1.165, 1.54) is 24.1 Å². The van der Waals surface area contributed by atoms with Gasteiger partial charge in [-0.3, -0.25) is 14.3 Å². The maximum atomic E-state index is 13.1. The molecule has 1 saturated heterocycles. The topological polar surface area (TPSA) is 58.4 Å². The van der Waals surface area contributed by atoms with Gasteiger partial charge in [0.2, 0.25) is 11.8 Å². The number of hydrogen-bond acceptors (Lipinski definition) is 3. The summed E-state index contributed by atoms with van der Waals surface area (Å²) in [6.45, 7) is 9.28. The van der Waals surface area contributed by atoms with Gasteiger partial charge < -0.3 is 9.80 Å². The first-order valence-corrected chi connectivity index (χ1v) is 10.6. The summed E-state index contributed by atoms with van der Waals surface area (Å²) in [6, 6.07) is 0.257. The second-order valence-corrected chi connectivity index (χ2v) is 8.98. The van der Waals surface area contributed by atoms with Crippen LogP contribution >= 0.6 is 0 Å². The van der Waals surface area contributed by atoms with Crippen LogP contribution < -0.4 is 0 Å². The van der Waals surface area contributed by atoms with Gasteiger partial charge in [-0.2, -0.15) is 5.10 Å². The zero-order valence-electron chi connectivity index (χ0n) is 16.9. The van der Waals surface area contributed by atoms with Gasteiger partial charge in [0.15, 0.2) is 0 Å². The SMILES string of the molecule is CC1CCC(C(=O)N2Cc3c(CN4CCCC4=O)nn(C(C)C)c3C2)CC1. The molecule has 3 heterocycles. The second kappa shape index (κ2) is 7.28. The van der Waals surface area contributed by atoms with Crippen LogP contribution in [0.2, 0.25) is 0 Å². The van der Waals surface area contributed by atoms with Crippen LogP contribution in [0.15, 0.2) is 0 Å². The molecular weight excluding hydrogens is 340 g/mol. The fourth-order valence-electron chi connectivity index (χ4n) is 4.86. The second-order valence-electron chi connectivity index (χ2n) is 8.98. The highest BCUT2D eigenvalue weighted by Gasteiger charge is 2.36. The third kappa shape index (κ3) is 3.50. The van der Waals surface area contributed by atoms with Crippen LogP contribution in [0.25, 0.3) is 0 Å². The van der Waals surface area contributed by atoms with Crippen molar-refractivity contribution in [2.45, 2.75) is 85.0 Å². The minimum atomic E-state index is 0.189. The molecule has 1 aliphatic carbocycles. The van der Waals surface area contributed by atoms with E-state index in [1.54, 1.807) is 0 Å². The number of carbonyl (C=O) groups is 2. The van der Waals surface area contributed by atoms with Gasteiger partial charge in [-0.1, -0.05) is 6.92 Å². The van der Waals surface area contributed by atoms with E-state index in [0.29, 0.717) is 32.0 Å². The lowest BCUT2D eigenvalue weighted by Crippen LogP contribution is -2.34. The number of aromatic nitrogens is 2. The third-order valence-corrected chi connectivity index (χ3v) is 6.57. The van der Waals surface area contributed by atoms with Crippen molar-refractivity contribution < 1.29 is 9.59 Å². The van der Waals surface area contributed by atoms with Crippen LogP contribution in [-0.2, 0) is 29.2 Å². The molecule has 0 spiro atoms. The number of fused-ring (bicyclic) bond motifs is 1. The summed E-state index contributed by atoms with van der Waals surface area (Å²) < 4.78 is 2.07. The van der Waals surface area contributed by atoms with Crippen LogP contribution in [0.5, 0.6) is 0 Å². The van der Waals surface area contributed by atoms with E-state index in [-0.39, 0.29) is 17.9 Å². The summed E-state index contributed by atoms with van der Waals surface area (Å²) in [5, 5.41) is 4.83. The zero-order valence-corrected chi connectivity index (χ0v) is 16.9. The van der Waals surface area contributed by atoms with Gasteiger partial charge in [0.1, 0.15) is 0 Å². The Morgan fingerprint density at radius 1 is 1.19 bits per heavy atom. The highest BCUT2D eigenvalue weighted by Crippen LogP contribution is 2.34. The van der Waals surface area contributed by atoms with Crippen molar-refractivity contribution in [3.05, 3.63) is 17.0 Å². The Bertz CT molecular complexity index is 731. The molecule has 2 fully saturated rings. The van der Waals surface area contributed by atoms with Gasteiger partial charge in [-0.05, 0) is 51.9 Å². The van der Waals surface area contributed by atoms with E-state index in [1.807, 2.05) is 9.80 Å². The number of amides is 2. The molecule has 0 aromatic carbocycles. The molecule has 0 bridgehead atoms. The van der Waals surface area contributed by atoms with E-state index >= 15 is 0 Å². The number of rotatable bonds is 4. The molecule has 4 rings (SSSR count). The largest absolute Gasteiger partial charge is 0.337 e. The molecular formula is C21H32N4O2. The van der Waals surface area contributed by atoms with Crippen LogP contribution in [0, 0.1) is 11.8 Å². The summed E-state index contributed by atoms with van der Waals surface area (Å²) in [5.74, 6) is 1.49. The number of nitrogens with zero attached hydrogens (tertiary/aromatic N) is 4. The summed E-state index contributed by atoms with van der Waals surface area (Å²) in [7, 11) is 0. The minimum absolute atomic E-state index is 0.189. The third-order valence-electron chi connectivity index (χ3n) is 6.57. The lowest BCUT2D eigenvalue weighted by atomic mass is 9.82. The molecule has 2 amide bonds. The van der Waals surface area contributed by atoms with Gasteiger partial charge in [-0.25, -0.2) is 0 Å². The van der Waals surface area contributed by atoms with E-state index < -0.39 is 0 Å². The van der Waals surface area contributed by atoms with Crippen LogP contribution in [0.1, 0.15) is 82.3 Å². The van der Waals surface area contributed by atoms with E-state index in [9.17, 15) is 9.59 Å². The fourth-order valence-corrected chi connectivity index (χ4v) is 4.86. The van der Waals surface area contributed by atoms with Crippen LogP contribution in [0.3, 0.4) is 0 Å². The smallest absolute Gasteiger partial charge is 0.226 e. The molecule has 0 unspecified atom stereocenters. The summed E-state index contributed by atoms with van der Waals surface area (Å²) in [6.07, 6.45) is 5.98. The molecule has 3 aliphatic rings. The number of likely N-dealkylation sites (tertiary alicyclic amines) is 1. The van der Waals surface area contributed by atoms with E-state index in [4.69, 9.17) is 5.10 Å². The normalized spacial score (nSPS) is 25.6. The van der Waals surface area contributed by atoms with Gasteiger partial charge in [0.05, 0.1) is 24.5 Å². The molecule has 1 aromatic rings. The Labute approximate surface area is 161 Å². The maximum Gasteiger partial charge on any atom is 0.226 e. The Balaban J connectivity index is 1.52. The van der Waals surface area contributed by atoms with Gasteiger partial charge in [0, 0.05) is 37.0 Å². The summed E-state index contributed by atoms with van der Waals surface area (Å²) in [5.41, 5.74) is 3.34. The first-order chi connectivity index (χ1) is 12.9. The Morgan fingerprint density at radius 2 is 1.93 bits per heavy atom. The monoisotopic (exact) mass is 372 g/mol. The van der Waals surface area contributed by atoms with Crippen molar-refractivity contribution in [2.75, 3.05) is 6.54 Å². The molecule has 0 N–H and O–H groups in total. The first-order valence-electron chi connectivity index (χ1n) is 10.6. The van der Waals surface area contributed by atoms with Gasteiger partial charge in [0.25, 0.3) is 0 Å². The van der Waals surface area contributed by atoms with Crippen molar-refractivity contribution in [1.29, 1.82) is 0 Å². The highest BCUT2D eigenvalue weighted by molar-refractivity contribution is 5.80. The molecule has 6 heteroatoms. The predicted octanol–water partition coefficient (Wildman–Crippen LogP) is 3.25. The van der Waals surface area contributed by atoms with Crippen LogP contribution in [0.4, 0.5) is 0 Å². The Kier molecular flexibility index (Phi) is 4.99. The first kappa shape index (κ1) is 18.5. The van der Waals surface area contributed by atoms with Crippen molar-refractivity contribution >= 4 is 11.8 Å². The highest BCUT2D eigenvalue weighted by atomic mass is 16.2. The molecule has 6 nitrogen and oxygen atoms in total. The number of hydrogen-bond donors (Lipinski definition) is 0. The fraction of sp³-hybridized carbons (Fsp3) is 0.762. The standard InChI is InChI=1S/C21H32N4O2/c1-14(2)25-19-13-24(21(27)16-8-6-15(3)7-9-16)11-17(19)18(22-25)12-23-10-4-5-20(23)26/h14-16H,4-13H2,1-3H3. The Hall–Kier alpha value is -1.85. The van der Waals surface area contributed by atoms with Crippen molar-refractivity contribution in [3.8, 4) is 0 Å². The minimum Gasteiger partial charge on any atom is -0.337 e. The molecule has 1 saturated carbocycles. The summed E-state index contributed by atoms with van der Waals surface area (Å²) in [4.78, 5) is 29.1. The summed E-state index contributed by atoms with van der Waals surface area (Å²) >= 11 is 0. The quantitative estimate of drug-likeness (QED) is 0.815. The lowest BCUT2D eigenvalue weighted by molar-refractivity contribution is -0.137. The van der Waals surface area contributed by atoms with E-state index in [0.717, 1.165) is 37.4 Å². The molecule has 0 atom stereocenters. The molecule has 27 heavy (non-hydrogen) atoms. The van der Waals surface area contributed by atoms with Crippen LogP contribution in [-0.4, -0.2) is 37.9 Å². The van der Waals surface area contributed by atoms with Crippen molar-refractivity contribution in [1.82, 2.24) is 19.6 Å². The molecule has 0 radical (unpaired) electrons. The average molecular weight is 373 g/mol. The molecule has 2 aliphatic heterocycles. The average Bonchev–Trinajstić information content (AvgIpc) is 3.32. The molecule has 1 aromatic heterocycles. The predicted molar refractivity (Wildman–Crippen MR) is 103 cm³/mol. The van der Waals surface area contributed by atoms with E-state index in [2.05, 4.69) is 25.5 Å². The molecule has 148 valence electrons. The van der Waals surface area contributed by atoms with Gasteiger partial charge >= 0.3 is 0 Å². The van der Waals surface area contributed by atoms with Crippen molar-refractivity contribution in [3.63, 3.8) is 0 Å². The lowest BCUT2D eigenvalue weighted by Gasteiger charge is -2.29. The Morgan fingerprint density at radius 3 is 2.56 bits per heavy atom. The van der Waals surface area contributed by atoms with Crippen molar-refractivity contribution in [2.24, 2.45) is 11.8 Å². The number of carbonyl (C=O) groups excluding carboxylic acids is 2. The maximum absolute atomic E-state index is 13.1.